The second kappa shape index (κ2) is 10.2. The molecule has 0 aliphatic carbocycles. The van der Waals surface area contributed by atoms with Gasteiger partial charge in [0.05, 0.1) is 12.1 Å². The van der Waals surface area contributed by atoms with Crippen LogP contribution in [0.15, 0.2) is 4.99 Å². The lowest BCUT2D eigenvalue weighted by Gasteiger charge is -2.49. The maximum Gasteiger partial charge on any atom is 0.242 e. The van der Waals surface area contributed by atoms with Gasteiger partial charge in [-0.05, 0) is 41.7 Å². The molecule has 0 saturated carbocycles. The van der Waals surface area contributed by atoms with Crippen molar-refractivity contribution in [1.29, 1.82) is 0 Å². The molecule has 0 spiro atoms. The van der Waals surface area contributed by atoms with Crippen molar-refractivity contribution in [1.82, 2.24) is 24.9 Å². The van der Waals surface area contributed by atoms with Crippen LogP contribution >= 0.6 is 24.0 Å². The van der Waals surface area contributed by atoms with E-state index in [0.717, 1.165) is 45.2 Å². The van der Waals surface area contributed by atoms with Crippen molar-refractivity contribution in [2.45, 2.75) is 52.2 Å². The molecular formula is C19H39IN6O. The summed E-state index contributed by atoms with van der Waals surface area (Å²) in [5.41, 5.74) is -0.204. The lowest BCUT2D eigenvalue weighted by Crippen LogP contribution is -2.66. The Bertz CT molecular complexity index is 516. The van der Waals surface area contributed by atoms with Crippen LogP contribution in [0.1, 0.15) is 34.6 Å². The molecule has 0 radical (unpaired) electrons. The molecule has 2 heterocycles. The van der Waals surface area contributed by atoms with Crippen molar-refractivity contribution in [3.63, 3.8) is 0 Å². The van der Waals surface area contributed by atoms with E-state index in [0.29, 0.717) is 12.6 Å². The first-order chi connectivity index (χ1) is 12.2. The van der Waals surface area contributed by atoms with Crippen LogP contribution in [0.3, 0.4) is 0 Å². The van der Waals surface area contributed by atoms with Crippen LogP contribution in [0.25, 0.3) is 0 Å². The molecule has 1 unspecified atom stereocenters. The normalized spacial score (nSPS) is 23.4. The highest BCUT2D eigenvalue weighted by Gasteiger charge is 2.40. The minimum Gasteiger partial charge on any atom is -0.355 e. The van der Waals surface area contributed by atoms with Crippen LogP contribution in [0.4, 0.5) is 0 Å². The summed E-state index contributed by atoms with van der Waals surface area (Å²) in [6.07, 6.45) is 0. The smallest absolute Gasteiger partial charge is 0.242 e. The average molecular weight is 494 g/mol. The Balaban J connectivity index is 0.00000364. The van der Waals surface area contributed by atoms with E-state index in [-0.39, 0.29) is 41.5 Å². The lowest BCUT2D eigenvalue weighted by molar-refractivity contribution is -0.145. The largest absolute Gasteiger partial charge is 0.355 e. The van der Waals surface area contributed by atoms with Crippen LogP contribution in [-0.2, 0) is 4.79 Å². The van der Waals surface area contributed by atoms with Crippen LogP contribution in [0, 0.1) is 0 Å². The number of guanidine groups is 1. The first-order valence-electron chi connectivity index (χ1n) is 9.86. The summed E-state index contributed by atoms with van der Waals surface area (Å²) in [5.74, 6) is 1.00. The Morgan fingerprint density at radius 1 is 1.19 bits per heavy atom. The Morgan fingerprint density at radius 2 is 1.78 bits per heavy atom. The molecule has 2 saturated heterocycles. The molecule has 2 aliphatic rings. The molecule has 7 nitrogen and oxygen atoms in total. The molecule has 27 heavy (non-hydrogen) atoms. The number of halogens is 1. The van der Waals surface area contributed by atoms with E-state index in [1.165, 1.54) is 0 Å². The molecule has 0 aromatic heterocycles. The van der Waals surface area contributed by atoms with Crippen molar-refractivity contribution in [2.24, 2.45) is 4.99 Å². The summed E-state index contributed by atoms with van der Waals surface area (Å²) in [6, 6.07) is 0.660. The quantitative estimate of drug-likeness (QED) is 0.361. The Hall–Kier alpha value is -0.610. The zero-order chi connectivity index (χ0) is 19.5. The van der Waals surface area contributed by atoms with E-state index in [4.69, 9.17) is 0 Å². The van der Waals surface area contributed by atoms with Crippen molar-refractivity contribution >= 4 is 35.8 Å². The number of nitrogens with one attached hydrogen (secondary N) is 1. The van der Waals surface area contributed by atoms with Gasteiger partial charge in [0, 0.05) is 58.4 Å². The number of rotatable bonds is 4. The summed E-state index contributed by atoms with van der Waals surface area (Å²) in [6.45, 7) is 17.2. The third-order valence-electron chi connectivity index (χ3n) is 5.57. The third-order valence-corrected chi connectivity index (χ3v) is 5.57. The Kier molecular flexibility index (Phi) is 9.27. The zero-order valence-corrected chi connectivity index (χ0v) is 20.5. The van der Waals surface area contributed by atoms with Gasteiger partial charge in [-0.3, -0.25) is 14.7 Å². The monoisotopic (exact) mass is 494 g/mol. The number of carbonyl (C=O) groups is 1. The Morgan fingerprint density at radius 3 is 2.26 bits per heavy atom. The maximum absolute atomic E-state index is 12.7. The molecule has 158 valence electrons. The van der Waals surface area contributed by atoms with Gasteiger partial charge in [0.15, 0.2) is 5.96 Å². The number of aliphatic imine (C=N–C) groups is 1. The third kappa shape index (κ3) is 6.19. The molecule has 2 fully saturated rings. The lowest BCUT2D eigenvalue weighted by atomic mass is 9.96. The summed E-state index contributed by atoms with van der Waals surface area (Å²) < 4.78 is 0. The molecular weight excluding hydrogens is 455 g/mol. The van der Waals surface area contributed by atoms with E-state index in [1.54, 1.807) is 7.05 Å². The number of amides is 1. The molecule has 2 aliphatic heterocycles. The zero-order valence-electron chi connectivity index (χ0n) is 18.2. The highest BCUT2D eigenvalue weighted by Crippen LogP contribution is 2.24. The van der Waals surface area contributed by atoms with E-state index < -0.39 is 0 Å². The minimum atomic E-state index is -0.204. The van der Waals surface area contributed by atoms with E-state index >= 15 is 0 Å². The molecule has 0 aromatic carbocycles. The fourth-order valence-electron chi connectivity index (χ4n) is 4.28. The molecule has 0 bridgehead atoms. The van der Waals surface area contributed by atoms with Gasteiger partial charge in [-0.2, -0.15) is 0 Å². The van der Waals surface area contributed by atoms with Crippen molar-refractivity contribution in [3.05, 3.63) is 0 Å². The number of hydrogen-bond acceptors (Lipinski definition) is 4. The van der Waals surface area contributed by atoms with Gasteiger partial charge >= 0.3 is 0 Å². The first-order valence-corrected chi connectivity index (χ1v) is 9.86. The average Bonchev–Trinajstić information content (AvgIpc) is 2.53. The van der Waals surface area contributed by atoms with Crippen molar-refractivity contribution in [3.8, 4) is 0 Å². The number of likely N-dealkylation sites (N-methyl/N-ethyl adjacent to an activating group) is 1. The Labute approximate surface area is 182 Å². The van der Waals surface area contributed by atoms with Gasteiger partial charge in [0.25, 0.3) is 0 Å². The highest BCUT2D eigenvalue weighted by molar-refractivity contribution is 14.0. The second-order valence-electron chi connectivity index (χ2n) is 8.64. The van der Waals surface area contributed by atoms with Gasteiger partial charge in [-0.15, -0.1) is 24.0 Å². The molecule has 1 atom stereocenters. The van der Waals surface area contributed by atoms with Crippen molar-refractivity contribution in [2.75, 3.05) is 59.9 Å². The number of carbonyl (C=O) groups excluding carboxylic acids is 1. The van der Waals surface area contributed by atoms with Gasteiger partial charge in [0.1, 0.15) is 0 Å². The number of piperazine rings is 2. The summed E-state index contributed by atoms with van der Waals surface area (Å²) in [4.78, 5) is 26.1. The molecule has 1 N–H and O–H groups in total. The predicted molar refractivity (Wildman–Crippen MR) is 123 cm³/mol. The number of nitrogens with zero attached hydrogens (tertiary/aromatic N) is 5. The molecule has 8 heteroatoms. The predicted octanol–water partition coefficient (Wildman–Crippen LogP) is 1.15. The van der Waals surface area contributed by atoms with E-state index in [2.05, 4.69) is 66.7 Å². The fourth-order valence-corrected chi connectivity index (χ4v) is 4.28. The standard InChI is InChI=1S/C19H38N6O.HI/c1-15(2)25-17(26)13-24(14-19(25,4)5)18(20-6)21-12-16(3)23-10-8-22(7)9-11-23;/h15-16H,8-14H2,1-7H3,(H,20,21);1H. The molecule has 0 aromatic rings. The first kappa shape index (κ1) is 24.4. The van der Waals surface area contributed by atoms with Crippen molar-refractivity contribution < 1.29 is 4.79 Å². The van der Waals surface area contributed by atoms with Crippen LogP contribution < -0.4 is 5.32 Å². The van der Waals surface area contributed by atoms with E-state index in [9.17, 15) is 4.79 Å². The van der Waals surface area contributed by atoms with E-state index in [1.807, 2.05) is 4.90 Å². The summed E-state index contributed by atoms with van der Waals surface area (Å²) in [7, 11) is 3.98. The van der Waals surface area contributed by atoms with Crippen LogP contribution in [-0.4, -0.2) is 109 Å². The van der Waals surface area contributed by atoms with Gasteiger partial charge in [0.2, 0.25) is 5.91 Å². The molecule has 1 amide bonds. The van der Waals surface area contributed by atoms with Gasteiger partial charge in [-0.1, -0.05) is 0 Å². The second-order valence-corrected chi connectivity index (χ2v) is 8.64. The summed E-state index contributed by atoms with van der Waals surface area (Å²) in [5, 5.41) is 3.50. The van der Waals surface area contributed by atoms with Gasteiger partial charge in [-0.25, -0.2) is 0 Å². The topological polar surface area (TPSA) is 54.4 Å². The SMILES string of the molecule is CN=C(NCC(C)N1CCN(C)CC1)N1CC(=O)N(C(C)C)C(C)(C)C1.I. The molecule has 2 rings (SSSR count). The van der Waals surface area contributed by atoms with Crippen LogP contribution in [0.5, 0.6) is 0 Å². The maximum atomic E-state index is 12.7. The van der Waals surface area contributed by atoms with Crippen LogP contribution in [0.2, 0.25) is 0 Å². The van der Waals surface area contributed by atoms with Gasteiger partial charge < -0.3 is 20.0 Å². The minimum absolute atomic E-state index is 0. The highest BCUT2D eigenvalue weighted by atomic mass is 127. The number of hydrogen-bond donors (Lipinski definition) is 1. The summed E-state index contributed by atoms with van der Waals surface area (Å²) >= 11 is 0. The fraction of sp³-hybridized carbons (Fsp3) is 0.895.